The summed E-state index contributed by atoms with van der Waals surface area (Å²) in [5.41, 5.74) is 2.47. The molecule has 154 valence electrons. The first kappa shape index (κ1) is 21.4. The summed E-state index contributed by atoms with van der Waals surface area (Å²) >= 11 is 0. The summed E-state index contributed by atoms with van der Waals surface area (Å²) < 4.78 is 27.4. The Balaban J connectivity index is 1.65. The van der Waals surface area contributed by atoms with Crippen molar-refractivity contribution in [2.24, 2.45) is 0 Å². The van der Waals surface area contributed by atoms with Crippen LogP contribution in [0.15, 0.2) is 83.8 Å². The van der Waals surface area contributed by atoms with Crippen LogP contribution < -0.4 is 9.62 Å². The molecule has 0 atom stereocenters. The van der Waals surface area contributed by atoms with E-state index in [1.54, 1.807) is 36.2 Å². The number of para-hydroxylation sites is 1. The van der Waals surface area contributed by atoms with Gasteiger partial charge in [-0.15, -0.1) is 0 Å². The van der Waals surface area contributed by atoms with E-state index in [9.17, 15) is 18.0 Å². The Kier molecular flexibility index (Phi) is 6.44. The third-order valence-electron chi connectivity index (χ3n) is 4.69. The third kappa shape index (κ3) is 5.00. The van der Waals surface area contributed by atoms with Crippen LogP contribution in [0.5, 0.6) is 0 Å². The van der Waals surface area contributed by atoms with E-state index in [0.29, 0.717) is 11.1 Å². The van der Waals surface area contributed by atoms with E-state index >= 15 is 0 Å². The summed E-state index contributed by atoms with van der Waals surface area (Å²) in [4.78, 5) is 25.6. The highest BCUT2D eigenvalue weighted by molar-refractivity contribution is 7.89. The van der Waals surface area contributed by atoms with Gasteiger partial charge in [-0.3, -0.25) is 9.59 Å². The number of carbonyl (C=O) groups excluding carboxylic acids is 2. The second-order valence-corrected chi connectivity index (χ2v) is 8.57. The molecule has 3 rings (SSSR count). The Morgan fingerprint density at radius 3 is 1.97 bits per heavy atom. The highest BCUT2D eigenvalue weighted by Crippen LogP contribution is 2.16. The highest BCUT2D eigenvalue weighted by Gasteiger charge is 2.15. The first-order chi connectivity index (χ1) is 14.3. The van der Waals surface area contributed by atoms with Gasteiger partial charge >= 0.3 is 0 Å². The maximum atomic E-state index is 12.6. The number of nitrogens with one attached hydrogen (secondary N) is 1. The van der Waals surface area contributed by atoms with E-state index in [1.165, 1.54) is 31.2 Å². The Morgan fingerprint density at radius 1 is 0.833 bits per heavy atom. The molecule has 0 radical (unpaired) electrons. The van der Waals surface area contributed by atoms with Gasteiger partial charge in [0.1, 0.15) is 0 Å². The van der Waals surface area contributed by atoms with Crippen molar-refractivity contribution in [3.8, 4) is 0 Å². The molecule has 3 aromatic carbocycles. The molecule has 1 N–H and O–H groups in total. The van der Waals surface area contributed by atoms with Crippen LogP contribution in [0, 0.1) is 0 Å². The molecule has 3 aromatic rings. The number of rotatable bonds is 7. The van der Waals surface area contributed by atoms with Crippen molar-refractivity contribution in [1.29, 1.82) is 0 Å². The number of ketones is 1. The number of hydrogen-bond donors (Lipinski definition) is 1. The van der Waals surface area contributed by atoms with Gasteiger partial charge in [0.2, 0.25) is 10.0 Å². The van der Waals surface area contributed by atoms with Crippen molar-refractivity contribution < 1.29 is 18.0 Å². The first-order valence-corrected chi connectivity index (χ1v) is 10.8. The molecule has 0 bridgehead atoms. The molecule has 0 spiro atoms. The molecule has 0 aliphatic heterocycles. The monoisotopic (exact) mass is 422 g/mol. The van der Waals surface area contributed by atoms with E-state index in [2.05, 4.69) is 4.72 Å². The zero-order valence-electron chi connectivity index (χ0n) is 16.7. The minimum absolute atomic E-state index is 0.0831. The molecule has 7 heteroatoms. The van der Waals surface area contributed by atoms with Crippen molar-refractivity contribution in [2.75, 3.05) is 11.9 Å². The van der Waals surface area contributed by atoms with Gasteiger partial charge in [0, 0.05) is 30.4 Å². The predicted molar refractivity (Wildman–Crippen MR) is 116 cm³/mol. The minimum Gasteiger partial charge on any atom is -0.311 e. The molecule has 0 aromatic heterocycles. The third-order valence-corrected chi connectivity index (χ3v) is 6.10. The number of carbonyl (C=O) groups is 2. The van der Waals surface area contributed by atoms with Gasteiger partial charge in [-0.2, -0.15) is 0 Å². The summed E-state index contributed by atoms with van der Waals surface area (Å²) in [6, 6.07) is 21.9. The molecule has 30 heavy (non-hydrogen) atoms. The van der Waals surface area contributed by atoms with Crippen molar-refractivity contribution in [3.05, 3.63) is 95.6 Å². The fourth-order valence-corrected chi connectivity index (χ4v) is 3.88. The summed E-state index contributed by atoms with van der Waals surface area (Å²) in [5, 5.41) is 0. The van der Waals surface area contributed by atoms with Crippen LogP contribution in [-0.2, 0) is 16.6 Å². The lowest BCUT2D eigenvalue weighted by molar-refractivity contribution is 0.0990. The zero-order valence-corrected chi connectivity index (χ0v) is 17.5. The first-order valence-electron chi connectivity index (χ1n) is 9.30. The SMILES string of the molecule is CC(=O)c1ccc(S(=O)(=O)NCc2ccc(C(=O)N(C)c3ccccc3)cc2)cc1. The quantitative estimate of drug-likeness (QED) is 0.589. The Labute approximate surface area is 176 Å². The van der Waals surface area contributed by atoms with Gasteiger partial charge in [-0.05, 0) is 48.9 Å². The Bertz CT molecular complexity index is 1140. The maximum absolute atomic E-state index is 12.6. The molecule has 0 fully saturated rings. The predicted octanol–water partition coefficient (Wildman–Crippen LogP) is 3.64. The molecule has 0 aliphatic carbocycles. The van der Waals surface area contributed by atoms with Crippen LogP contribution in [0.25, 0.3) is 0 Å². The van der Waals surface area contributed by atoms with Gasteiger partial charge in [0.15, 0.2) is 5.78 Å². The molecule has 0 saturated heterocycles. The van der Waals surface area contributed by atoms with Crippen LogP contribution in [0.2, 0.25) is 0 Å². The van der Waals surface area contributed by atoms with Crippen LogP contribution >= 0.6 is 0 Å². The van der Waals surface area contributed by atoms with E-state index in [0.717, 1.165) is 11.3 Å². The van der Waals surface area contributed by atoms with Crippen molar-refractivity contribution in [2.45, 2.75) is 18.4 Å². The van der Waals surface area contributed by atoms with Crippen LogP contribution in [-0.4, -0.2) is 27.2 Å². The molecule has 0 saturated carbocycles. The molecule has 0 unspecified atom stereocenters. The normalized spacial score (nSPS) is 11.1. The van der Waals surface area contributed by atoms with Crippen LogP contribution in [0.1, 0.15) is 33.2 Å². The number of sulfonamides is 1. The van der Waals surface area contributed by atoms with Gasteiger partial charge in [-0.1, -0.05) is 42.5 Å². The maximum Gasteiger partial charge on any atom is 0.258 e. The zero-order chi connectivity index (χ0) is 21.7. The van der Waals surface area contributed by atoms with E-state index in [1.807, 2.05) is 30.3 Å². The lowest BCUT2D eigenvalue weighted by atomic mass is 10.1. The van der Waals surface area contributed by atoms with Gasteiger partial charge < -0.3 is 4.90 Å². The number of anilines is 1. The Hall–Kier alpha value is -3.29. The largest absolute Gasteiger partial charge is 0.311 e. The topological polar surface area (TPSA) is 83.5 Å². The molecular formula is C23H22N2O4S. The fraction of sp³-hybridized carbons (Fsp3) is 0.130. The van der Waals surface area contributed by atoms with E-state index in [4.69, 9.17) is 0 Å². The van der Waals surface area contributed by atoms with Gasteiger partial charge in [0.25, 0.3) is 5.91 Å². The number of Topliss-reactive ketones (excluding diaryl/α,β-unsaturated/α-hetero) is 1. The average molecular weight is 423 g/mol. The molecule has 0 aliphatic rings. The molecule has 0 heterocycles. The lowest BCUT2D eigenvalue weighted by Gasteiger charge is -2.17. The summed E-state index contributed by atoms with van der Waals surface area (Å²) in [6.07, 6.45) is 0. The summed E-state index contributed by atoms with van der Waals surface area (Å²) in [6.45, 7) is 1.51. The molecule has 6 nitrogen and oxygen atoms in total. The Morgan fingerprint density at radius 2 is 1.40 bits per heavy atom. The highest BCUT2D eigenvalue weighted by atomic mass is 32.2. The lowest BCUT2D eigenvalue weighted by Crippen LogP contribution is -2.26. The van der Waals surface area contributed by atoms with E-state index in [-0.39, 0.29) is 23.1 Å². The van der Waals surface area contributed by atoms with E-state index < -0.39 is 10.0 Å². The van der Waals surface area contributed by atoms with Crippen LogP contribution in [0.3, 0.4) is 0 Å². The number of benzene rings is 3. The molecular weight excluding hydrogens is 400 g/mol. The minimum atomic E-state index is -3.71. The van der Waals surface area contributed by atoms with Crippen LogP contribution in [0.4, 0.5) is 5.69 Å². The smallest absolute Gasteiger partial charge is 0.258 e. The number of hydrogen-bond acceptors (Lipinski definition) is 4. The standard InChI is InChI=1S/C23H22N2O4S/c1-17(26)19-12-14-22(15-13-19)30(28,29)24-16-18-8-10-20(11-9-18)23(27)25(2)21-6-4-3-5-7-21/h3-15,24H,16H2,1-2H3. The summed E-state index contributed by atoms with van der Waals surface area (Å²) in [5.74, 6) is -0.279. The van der Waals surface area contributed by atoms with Gasteiger partial charge in [-0.25, -0.2) is 13.1 Å². The molecule has 1 amide bonds. The summed E-state index contributed by atoms with van der Waals surface area (Å²) in [7, 11) is -2.01. The van der Waals surface area contributed by atoms with Crippen molar-refractivity contribution >= 4 is 27.4 Å². The fourth-order valence-electron chi connectivity index (χ4n) is 2.86. The second-order valence-electron chi connectivity index (χ2n) is 6.80. The second kappa shape index (κ2) is 9.02. The van der Waals surface area contributed by atoms with Crippen molar-refractivity contribution in [3.63, 3.8) is 0 Å². The average Bonchev–Trinajstić information content (AvgIpc) is 2.78. The van der Waals surface area contributed by atoms with Crippen molar-refractivity contribution in [1.82, 2.24) is 4.72 Å². The number of nitrogens with zero attached hydrogens (tertiary/aromatic N) is 1. The number of amides is 1. The van der Waals surface area contributed by atoms with Gasteiger partial charge in [0.05, 0.1) is 4.90 Å².